The third-order valence-electron chi connectivity index (χ3n) is 6.94. The molecule has 0 unspecified atom stereocenters. The number of nitriles is 1. The molecule has 2 aromatic carbocycles. The van der Waals surface area contributed by atoms with Crippen LogP contribution in [0.25, 0.3) is 11.1 Å². The molecular formula is C25H27N3O3. The predicted molar refractivity (Wildman–Crippen MR) is 117 cm³/mol. The maximum atomic E-state index is 12.0. The summed E-state index contributed by atoms with van der Waals surface area (Å²) in [7, 11) is 1.56. The average Bonchev–Trinajstić information content (AvgIpc) is 2.78. The first-order valence-corrected chi connectivity index (χ1v) is 11.1. The Labute approximate surface area is 182 Å². The fraction of sp³-hybridized carbons (Fsp3) is 0.440. The predicted octanol–water partition coefficient (Wildman–Crippen LogP) is 3.84. The summed E-state index contributed by atoms with van der Waals surface area (Å²) in [6, 6.07) is 14.3. The second-order valence-electron chi connectivity index (χ2n) is 8.70. The number of fused-ring (bicyclic) bond motifs is 1. The van der Waals surface area contributed by atoms with E-state index in [1.807, 2.05) is 18.2 Å². The Morgan fingerprint density at radius 1 is 1.16 bits per heavy atom. The zero-order valence-electron chi connectivity index (χ0n) is 17.8. The number of piperidine rings is 1. The van der Waals surface area contributed by atoms with Crippen LogP contribution in [0.3, 0.4) is 0 Å². The molecule has 2 fully saturated rings. The molecule has 1 amide bonds. The molecule has 1 aliphatic carbocycles. The van der Waals surface area contributed by atoms with Crippen molar-refractivity contribution in [3.05, 3.63) is 53.1 Å². The van der Waals surface area contributed by atoms with Crippen molar-refractivity contribution < 1.29 is 14.3 Å². The number of amides is 1. The molecule has 0 aromatic heterocycles. The van der Waals surface area contributed by atoms with Crippen molar-refractivity contribution >= 4 is 5.91 Å². The average molecular weight is 418 g/mol. The first-order valence-electron chi connectivity index (χ1n) is 11.1. The van der Waals surface area contributed by atoms with Crippen LogP contribution >= 0.6 is 0 Å². The lowest BCUT2D eigenvalue weighted by molar-refractivity contribution is -0.231. The largest absolute Gasteiger partial charge is 0.462 e. The summed E-state index contributed by atoms with van der Waals surface area (Å²) in [5.41, 5.74) is 3.62. The number of benzene rings is 2. The zero-order chi connectivity index (χ0) is 21.4. The standard InChI is InChI=1S/C25H27N3O3/c1-27-24(29)22-7-5-17(13-19(22)15-26)18-6-8-23-20(14-18)16-30-25(31-23)9-11-28(12-10-25)21-3-2-4-21/h5-8,13-14,21H,2-4,9-12,16H2,1H3,(H,27,29). The van der Waals surface area contributed by atoms with Gasteiger partial charge in [0, 0.05) is 44.6 Å². The van der Waals surface area contributed by atoms with E-state index in [1.165, 1.54) is 19.3 Å². The Bertz CT molecular complexity index is 1050. The van der Waals surface area contributed by atoms with Crippen LogP contribution in [0.15, 0.2) is 36.4 Å². The third-order valence-corrected chi connectivity index (χ3v) is 6.94. The molecule has 1 saturated carbocycles. The highest BCUT2D eigenvalue weighted by Gasteiger charge is 2.42. The molecular weight excluding hydrogens is 390 g/mol. The van der Waals surface area contributed by atoms with Crippen molar-refractivity contribution in [3.8, 4) is 22.9 Å². The lowest BCUT2D eigenvalue weighted by Crippen LogP contribution is -2.54. The summed E-state index contributed by atoms with van der Waals surface area (Å²) in [5.74, 6) is 0.122. The van der Waals surface area contributed by atoms with Gasteiger partial charge in [0.05, 0.1) is 23.8 Å². The summed E-state index contributed by atoms with van der Waals surface area (Å²) in [5, 5.41) is 12.0. The minimum Gasteiger partial charge on any atom is -0.462 e. The van der Waals surface area contributed by atoms with Crippen LogP contribution < -0.4 is 10.1 Å². The summed E-state index contributed by atoms with van der Waals surface area (Å²) in [4.78, 5) is 14.6. The van der Waals surface area contributed by atoms with Gasteiger partial charge in [0.1, 0.15) is 5.75 Å². The number of ether oxygens (including phenoxy) is 2. The molecule has 1 spiro atoms. The van der Waals surface area contributed by atoms with Crippen LogP contribution in [-0.2, 0) is 11.3 Å². The molecule has 5 rings (SSSR count). The van der Waals surface area contributed by atoms with E-state index in [4.69, 9.17) is 9.47 Å². The Balaban J connectivity index is 1.33. The van der Waals surface area contributed by atoms with Crippen LogP contribution in [0.5, 0.6) is 5.75 Å². The molecule has 6 heteroatoms. The fourth-order valence-electron chi connectivity index (χ4n) is 4.79. The molecule has 1 saturated heterocycles. The highest BCUT2D eigenvalue weighted by atomic mass is 16.7. The lowest BCUT2D eigenvalue weighted by Gasteiger charge is -2.47. The van der Waals surface area contributed by atoms with Crippen molar-refractivity contribution in [2.75, 3.05) is 20.1 Å². The van der Waals surface area contributed by atoms with Crippen LogP contribution in [0.1, 0.15) is 53.6 Å². The number of nitrogens with one attached hydrogen (secondary N) is 1. The number of likely N-dealkylation sites (tertiary alicyclic amines) is 1. The molecule has 160 valence electrons. The van der Waals surface area contributed by atoms with Gasteiger partial charge in [-0.15, -0.1) is 0 Å². The van der Waals surface area contributed by atoms with Gasteiger partial charge in [-0.1, -0.05) is 18.6 Å². The highest BCUT2D eigenvalue weighted by molar-refractivity contribution is 5.97. The van der Waals surface area contributed by atoms with E-state index in [2.05, 4.69) is 22.4 Å². The number of carbonyl (C=O) groups is 1. The third kappa shape index (κ3) is 3.69. The van der Waals surface area contributed by atoms with Crippen LogP contribution in [0.4, 0.5) is 0 Å². The second kappa shape index (κ2) is 7.99. The molecule has 0 radical (unpaired) electrons. The molecule has 31 heavy (non-hydrogen) atoms. The van der Waals surface area contributed by atoms with Crippen molar-refractivity contribution in [1.82, 2.24) is 10.2 Å². The highest BCUT2D eigenvalue weighted by Crippen LogP contribution is 2.40. The quantitative estimate of drug-likeness (QED) is 0.821. The van der Waals surface area contributed by atoms with Crippen molar-refractivity contribution in [2.45, 2.75) is 50.5 Å². The summed E-state index contributed by atoms with van der Waals surface area (Å²) in [6.45, 7) is 2.59. The van der Waals surface area contributed by atoms with Gasteiger partial charge in [-0.3, -0.25) is 9.69 Å². The number of rotatable bonds is 3. The molecule has 1 N–H and O–H groups in total. The van der Waals surface area contributed by atoms with Crippen LogP contribution in [0, 0.1) is 11.3 Å². The minimum absolute atomic E-state index is 0.260. The van der Waals surface area contributed by atoms with Gasteiger partial charge in [-0.05, 0) is 48.2 Å². The molecule has 0 bridgehead atoms. The zero-order valence-corrected chi connectivity index (χ0v) is 17.8. The minimum atomic E-state index is -0.502. The number of hydrogen-bond acceptors (Lipinski definition) is 5. The maximum Gasteiger partial charge on any atom is 0.252 e. The Morgan fingerprint density at radius 3 is 2.58 bits per heavy atom. The van der Waals surface area contributed by atoms with E-state index >= 15 is 0 Å². The number of nitrogens with zero attached hydrogens (tertiary/aromatic N) is 2. The Hall–Kier alpha value is -2.88. The first kappa shape index (κ1) is 20.0. The normalized spacial score (nSPS) is 20.3. The van der Waals surface area contributed by atoms with Gasteiger partial charge in [0.2, 0.25) is 5.79 Å². The van der Waals surface area contributed by atoms with Crippen molar-refractivity contribution in [3.63, 3.8) is 0 Å². The first-order chi connectivity index (χ1) is 15.1. The van der Waals surface area contributed by atoms with Gasteiger partial charge >= 0.3 is 0 Å². The maximum absolute atomic E-state index is 12.0. The van der Waals surface area contributed by atoms with Crippen molar-refractivity contribution in [2.24, 2.45) is 0 Å². The van der Waals surface area contributed by atoms with E-state index in [1.54, 1.807) is 19.2 Å². The monoisotopic (exact) mass is 417 g/mol. The van der Waals surface area contributed by atoms with E-state index in [0.29, 0.717) is 17.7 Å². The van der Waals surface area contributed by atoms with Crippen LogP contribution in [0.2, 0.25) is 0 Å². The smallest absolute Gasteiger partial charge is 0.252 e. The molecule has 2 aliphatic heterocycles. The van der Waals surface area contributed by atoms with Crippen molar-refractivity contribution in [1.29, 1.82) is 5.26 Å². The van der Waals surface area contributed by atoms with Gasteiger partial charge in [0.25, 0.3) is 5.91 Å². The van der Waals surface area contributed by atoms with Gasteiger partial charge < -0.3 is 14.8 Å². The molecule has 0 atom stereocenters. The molecule has 2 heterocycles. The van der Waals surface area contributed by atoms with E-state index in [0.717, 1.165) is 54.4 Å². The summed E-state index contributed by atoms with van der Waals surface area (Å²) in [6.07, 6.45) is 5.82. The molecule has 3 aliphatic rings. The summed E-state index contributed by atoms with van der Waals surface area (Å²) >= 11 is 0. The van der Waals surface area contributed by atoms with Gasteiger partial charge in [-0.2, -0.15) is 5.26 Å². The SMILES string of the molecule is CNC(=O)c1ccc(-c2ccc3c(c2)COC2(CCN(C4CCC4)CC2)O3)cc1C#N. The van der Waals surface area contributed by atoms with E-state index in [-0.39, 0.29) is 5.91 Å². The number of hydrogen-bond donors (Lipinski definition) is 1. The van der Waals surface area contributed by atoms with E-state index < -0.39 is 5.79 Å². The van der Waals surface area contributed by atoms with Gasteiger partial charge in [0.15, 0.2) is 0 Å². The second-order valence-corrected chi connectivity index (χ2v) is 8.70. The topological polar surface area (TPSA) is 74.6 Å². The van der Waals surface area contributed by atoms with Gasteiger partial charge in [-0.25, -0.2) is 0 Å². The lowest BCUT2D eigenvalue weighted by atomic mass is 9.89. The van der Waals surface area contributed by atoms with Crippen LogP contribution in [-0.4, -0.2) is 42.8 Å². The summed E-state index contributed by atoms with van der Waals surface area (Å²) < 4.78 is 12.6. The fourth-order valence-corrected chi connectivity index (χ4v) is 4.79. The van der Waals surface area contributed by atoms with E-state index in [9.17, 15) is 10.1 Å². The Morgan fingerprint density at radius 2 is 1.90 bits per heavy atom. The molecule has 6 nitrogen and oxygen atoms in total. The number of carbonyl (C=O) groups excluding carboxylic acids is 1. The Kier molecular flexibility index (Phi) is 5.17. The molecule has 2 aromatic rings.